The van der Waals surface area contributed by atoms with Gasteiger partial charge in [0.25, 0.3) is 0 Å². The monoisotopic (exact) mass is 457 g/mol. The predicted molar refractivity (Wildman–Crippen MR) is 118 cm³/mol. The summed E-state index contributed by atoms with van der Waals surface area (Å²) in [4.78, 5) is 11.0. The summed E-state index contributed by atoms with van der Waals surface area (Å²) in [5.41, 5.74) is 1.93. The summed E-state index contributed by atoms with van der Waals surface area (Å²) in [5, 5.41) is 15.7. The van der Waals surface area contributed by atoms with E-state index in [1.807, 2.05) is 6.07 Å². The van der Waals surface area contributed by atoms with Crippen molar-refractivity contribution >= 4 is 39.9 Å². The molecular formula is C21H18Cl2FN7. The third-order valence-electron chi connectivity index (χ3n) is 5.64. The van der Waals surface area contributed by atoms with Crippen LogP contribution in [0.5, 0.6) is 0 Å². The van der Waals surface area contributed by atoms with Crippen molar-refractivity contribution in [3.8, 4) is 11.1 Å². The topological polar surface area (TPSA) is 83.5 Å². The molecule has 0 unspecified atom stereocenters. The zero-order valence-corrected chi connectivity index (χ0v) is 17.9. The maximum absolute atomic E-state index is 14.7. The highest BCUT2D eigenvalue weighted by atomic mass is 35.5. The van der Waals surface area contributed by atoms with Gasteiger partial charge in [0.2, 0.25) is 0 Å². The van der Waals surface area contributed by atoms with Crippen LogP contribution in [0.15, 0.2) is 36.7 Å². The van der Waals surface area contributed by atoms with E-state index in [-0.39, 0.29) is 11.3 Å². The molecule has 3 heterocycles. The van der Waals surface area contributed by atoms with Gasteiger partial charge in [0.1, 0.15) is 29.3 Å². The standard InChI is InChI=1S/C21H18Cl2FN7/c22-15-5-3-13(9-16(15)23)14-4-6-17(24)20-19(14)21(26-11-25-20)31-7-1-2-12(10-31)8-18-27-29-30-28-18/h3-6,9,11-12H,1-2,7-8,10H2,(H,27,28,29,30)/t12-/m0/s1. The molecule has 5 rings (SSSR count). The van der Waals surface area contributed by atoms with Crippen molar-refractivity contribution in [2.75, 3.05) is 18.0 Å². The van der Waals surface area contributed by atoms with Gasteiger partial charge in [-0.2, -0.15) is 0 Å². The smallest absolute Gasteiger partial charge is 0.149 e. The van der Waals surface area contributed by atoms with Crippen molar-refractivity contribution in [1.29, 1.82) is 0 Å². The molecule has 7 nitrogen and oxygen atoms in total. The molecule has 4 aromatic rings. The third kappa shape index (κ3) is 3.93. The Bertz CT molecular complexity index is 1230. The molecule has 158 valence electrons. The highest BCUT2D eigenvalue weighted by molar-refractivity contribution is 6.42. The number of anilines is 1. The molecule has 2 aromatic carbocycles. The largest absolute Gasteiger partial charge is 0.356 e. The first kappa shape index (κ1) is 20.1. The second kappa shape index (κ2) is 8.36. The molecule has 1 aliphatic heterocycles. The van der Waals surface area contributed by atoms with Crippen LogP contribution >= 0.6 is 23.2 Å². The molecule has 0 radical (unpaired) electrons. The summed E-state index contributed by atoms with van der Waals surface area (Å²) in [5.74, 6) is 1.45. The quantitative estimate of drug-likeness (QED) is 0.477. The minimum Gasteiger partial charge on any atom is -0.356 e. The van der Waals surface area contributed by atoms with E-state index in [1.165, 1.54) is 12.4 Å². The van der Waals surface area contributed by atoms with E-state index in [9.17, 15) is 4.39 Å². The summed E-state index contributed by atoms with van der Waals surface area (Å²) >= 11 is 12.4. The van der Waals surface area contributed by atoms with Gasteiger partial charge in [0, 0.05) is 19.5 Å². The second-order valence-corrected chi connectivity index (χ2v) is 8.47. The first-order valence-electron chi connectivity index (χ1n) is 9.96. The fourth-order valence-corrected chi connectivity index (χ4v) is 4.53. The Morgan fingerprint density at radius 2 is 2.03 bits per heavy atom. The van der Waals surface area contributed by atoms with Crippen molar-refractivity contribution in [3.05, 3.63) is 58.3 Å². The number of hydrogen-bond acceptors (Lipinski definition) is 6. The SMILES string of the molecule is Fc1ccc(-c2ccc(Cl)c(Cl)c2)c2c(N3CCC[C@@H](Cc4nnn[nH]4)C3)ncnc12. The first-order chi connectivity index (χ1) is 15.1. The van der Waals surface area contributed by atoms with Crippen molar-refractivity contribution in [2.24, 2.45) is 5.92 Å². The lowest BCUT2D eigenvalue weighted by molar-refractivity contribution is 0.405. The van der Waals surface area contributed by atoms with Gasteiger partial charge in [-0.25, -0.2) is 19.5 Å². The average molecular weight is 458 g/mol. The predicted octanol–water partition coefficient (Wildman–Crippen LogP) is 4.71. The molecule has 1 atom stereocenters. The van der Waals surface area contributed by atoms with E-state index in [0.717, 1.165) is 49.3 Å². The number of hydrogen-bond donors (Lipinski definition) is 1. The van der Waals surface area contributed by atoms with Crippen LogP contribution in [0.3, 0.4) is 0 Å². The molecule has 0 bridgehead atoms. The highest BCUT2D eigenvalue weighted by Crippen LogP contribution is 2.38. The summed E-state index contributed by atoms with van der Waals surface area (Å²) in [6.45, 7) is 1.60. The van der Waals surface area contributed by atoms with Crippen molar-refractivity contribution in [3.63, 3.8) is 0 Å². The zero-order valence-electron chi connectivity index (χ0n) is 16.4. The van der Waals surface area contributed by atoms with Crippen LogP contribution in [-0.2, 0) is 6.42 Å². The third-order valence-corrected chi connectivity index (χ3v) is 6.38. The maximum atomic E-state index is 14.7. The number of halogens is 3. The van der Waals surface area contributed by atoms with Crippen LogP contribution in [0.2, 0.25) is 10.0 Å². The van der Waals surface area contributed by atoms with Gasteiger partial charge in [0.05, 0.1) is 15.4 Å². The van der Waals surface area contributed by atoms with Crippen LogP contribution in [0.1, 0.15) is 18.7 Å². The average Bonchev–Trinajstić information content (AvgIpc) is 3.29. The van der Waals surface area contributed by atoms with Gasteiger partial charge in [-0.15, -0.1) is 5.10 Å². The van der Waals surface area contributed by atoms with Crippen LogP contribution in [0, 0.1) is 11.7 Å². The molecular weight excluding hydrogens is 440 g/mol. The van der Waals surface area contributed by atoms with Crippen molar-refractivity contribution in [2.45, 2.75) is 19.3 Å². The van der Waals surface area contributed by atoms with E-state index in [2.05, 4.69) is 35.5 Å². The number of fused-ring (bicyclic) bond motifs is 1. The van der Waals surface area contributed by atoms with Gasteiger partial charge in [-0.05, 0) is 58.5 Å². The van der Waals surface area contributed by atoms with E-state index >= 15 is 0 Å². The molecule has 0 aliphatic carbocycles. The number of piperidine rings is 1. The Labute approximate surface area is 187 Å². The Hall–Kier alpha value is -2.84. The van der Waals surface area contributed by atoms with Crippen LogP contribution in [0.4, 0.5) is 10.2 Å². The Balaban J connectivity index is 1.58. The molecule has 0 saturated carbocycles. The lowest BCUT2D eigenvalue weighted by Gasteiger charge is -2.34. The van der Waals surface area contributed by atoms with Crippen LogP contribution < -0.4 is 4.90 Å². The number of tetrazole rings is 1. The minimum absolute atomic E-state index is 0.287. The number of nitrogens with zero attached hydrogens (tertiary/aromatic N) is 6. The van der Waals surface area contributed by atoms with E-state index in [1.54, 1.807) is 18.2 Å². The molecule has 1 saturated heterocycles. The van der Waals surface area contributed by atoms with Gasteiger partial charge in [-0.3, -0.25) is 0 Å². The van der Waals surface area contributed by atoms with Gasteiger partial charge in [-0.1, -0.05) is 35.3 Å². The van der Waals surface area contributed by atoms with Crippen LogP contribution in [-0.4, -0.2) is 43.7 Å². The summed E-state index contributed by atoms with van der Waals surface area (Å²) in [6, 6.07) is 8.55. The van der Waals surface area contributed by atoms with Gasteiger partial charge in [0.15, 0.2) is 0 Å². The molecule has 31 heavy (non-hydrogen) atoms. The normalized spacial score (nSPS) is 16.7. The number of aromatic nitrogens is 6. The summed E-state index contributed by atoms with van der Waals surface area (Å²) in [7, 11) is 0. The van der Waals surface area contributed by atoms with E-state index in [4.69, 9.17) is 23.2 Å². The van der Waals surface area contributed by atoms with Gasteiger partial charge >= 0.3 is 0 Å². The highest BCUT2D eigenvalue weighted by Gasteiger charge is 2.25. The molecule has 1 fully saturated rings. The molecule has 0 spiro atoms. The minimum atomic E-state index is -0.385. The number of nitrogens with one attached hydrogen (secondary N) is 1. The number of rotatable bonds is 4. The van der Waals surface area contributed by atoms with Gasteiger partial charge < -0.3 is 4.90 Å². The number of H-pyrrole nitrogens is 1. The van der Waals surface area contributed by atoms with Crippen molar-refractivity contribution < 1.29 is 4.39 Å². The molecule has 2 aromatic heterocycles. The first-order valence-corrected chi connectivity index (χ1v) is 10.7. The maximum Gasteiger partial charge on any atom is 0.149 e. The van der Waals surface area contributed by atoms with Crippen molar-refractivity contribution in [1.82, 2.24) is 30.6 Å². The lowest BCUT2D eigenvalue weighted by atomic mass is 9.93. The van der Waals surface area contributed by atoms with E-state index < -0.39 is 0 Å². The Morgan fingerprint density at radius 1 is 1.13 bits per heavy atom. The lowest BCUT2D eigenvalue weighted by Crippen LogP contribution is -2.37. The Morgan fingerprint density at radius 3 is 2.84 bits per heavy atom. The number of aromatic amines is 1. The molecule has 0 amide bonds. The Kier molecular flexibility index (Phi) is 5.41. The molecule has 10 heteroatoms. The fourth-order valence-electron chi connectivity index (χ4n) is 4.23. The molecule has 1 N–H and O–H groups in total. The zero-order chi connectivity index (χ0) is 21.4. The van der Waals surface area contributed by atoms with E-state index in [0.29, 0.717) is 27.2 Å². The summed E-state index contributed by atoms with van der Waals surface area (Å²) < 4.78 is 14.7. The fraction of sp³-hybridized carbons (Fsp3) is 0.286. The number of benzene rings is 2. The second-order valence-electron chi connectivity index (χ2n) is 7.65. The molecule has 1 aliphatic rings. The van der Waals surface area contributed by atoms with Crippen LogP contribution in [0.25, 0.3) is 22.0 Å². The summed E-state index contributed by atoms with van der Waals surface area (Å²) in [6.07, 6.45) is 4.23.